The molecule has 0 unspecified atom stereocenters. The molecule has 0 atom stereocenters. The monoisotopic (exact) mass is 283 g/mol. The van der Waals surface area contributed by atoms with E-state index >= 15 is 0 Å². The quantitative estimate of drug-likeness (QED) is 0.731. The van der Waals surface area contributed by atoms with Crippen LogP contribution in [-0.2, 0) is 6.42 Å². The summed E-state index contributed by atoms with van der Waals surface area (Å²) in [5.74, 6) is 0. The van der Waals surface area contributed by atoms with Gasteiger partial charge in [0.15, 0.2) is 0 Å². The second-order valence-electron chi connectivity index (χ2n) is 2.99. The van der Waals surface area contributed by atoms with Gasteiger partial charge < -0.3 is 0 Å². The first-order valence-corrected chi connectivity index (χ1v) is 5.42. The molecule has 1 heterocycles. The van der Waals surface area contributed by atoms with Gasteiger partial charge in [0.25, 0.3) is 0 Å². The maximum absolute atomic E-state index is 4.53. The molecule has 0 aliphatic carbocycles. The highest BCUT2D eigenvalue weighted by Crippen LogP contribution is 2.16. The van der Waals surface area contributed by atoms with E-state index in [1.807, 2.05) is 0 Å². The molecule has 2 heteroatoms. The number of benzene rings is 1. The number of fused-ring (bicyclic) bond motifs is 1. The summed E-state index contributed by atoms with van der Waals surface area (Å²) >= 11 is 2.32. The first-order valence-electron chi connectivity index (χ1n) is 4.35. The fourth-order valence-electron chi connectivity index (χ4n) is 1.34. The first-order chi connectivity index (χ1) is 6.29. The van der Waals surface area contributed by atoms with Gasteiger partial charge >= 0.3 is 0 Å². The second kappa shape index (κ2) is 3.62. The number of pyridine rings is 1. The van der Waals surface area contributed by atoms with Crippen LogP contribution >= 0.6 is 22.6 Å². The normalized spacial score (nSPS) is 10.6. The predicted molar refractivity (Wildman–Crippen MR) is 63.8 cm³/mol. The van der Waals surface area contributed by atoms with Gasteiger partial charge in [0.2, 0.25) is 0 Å². The molecule has 1 aromatic heterocycles. The standard InChI is InChI=1S/C11H10IN/c1-2-10-5-3-8-7-9(12)4-6-11(8)13-10/h3-7H,2H2,1H3. The average Bonchev–Trinajstić information content (AvgIpc) is 2.17. The smallest absolute Gasteiger partial charge is 0.0706 e. The van der Waals surface area contributed by atoms with Crippen molar-refractivity contribution in [3.63, 3.8) is 0 Å². The van der Waals surface area contributed by atoms with Crippen LogP contribution in [0.4, 0.5) is 0 Å². The predicted octanol–water partition coefficient (Wildman–Crippen LogP) is 3.40. The van der Waals surface area contributed by atoms with Crippen LogP contribution in [-0.4, -0.2) is 4.98 Å². The van der Waals surface area contributed by atoms with Gasteiger partial charge in [-0.15, -0.1) is 0 Å². The summed E-state index contributed by atoms with van der Waals surface area (Å²) in [5, 5.41) is 1.23. The highest BCUT2D eigenvalue weighted by Gasteiger charge is 1.96. The molecule has 0 fully saturated rings. The summed E-state index contributed by atoms with van der Waals surface area (Å²) in [4.78, 5) is 4.53. The molecule has 2 aromatic rings. The maximum atomic E-state index is 4.53. The van der Waals surface area contributed by atoms with Crippen molar-refractivity contribution in [3.8, 4) is 0 Å². The lowest BCUT2D eigenvalue weighted by Crippen LogP contribution is -1.87. The van der Waals surface area contributed by atoms with Crippen LogP contribution in [0.1, 0.15) is 12.6 Å². The van der Waals surface area contributed by atoms with Crippen LogP contribution in [0.25, 0.3) is 10.9 Å². The number of halogens is 1. The lowest BCUT2D eigenvalue weighted by Gasteiger charge is -2.00. The number of aryl methyl sites for hydroxylation is 1. The lowest BCUT2D eigenvalue weighted by molar-refractivity contribution is 1.06. The maximum Gasteiger partial charge on any atom is 0.0706 e. The van der Waals surface area contributed by atoms with Gasteiger partial charge in [-0.05, 0) is 53.3 Å². The molecule has 1 nitrogen and oxygen atoms in total. The Morgan fingerprint density at radius 1 is 1.23 bits per heavy atom. The average molecular weight is 283 g/mol. The van der Waals surface area contributed by atoms with Gasteiger partial charge in [-0.3, -0.25) is 4.98 Å². The van der Waals surface area contributed by atoms with E-state index in [0.29, 0.717) is 0 Å². The van der Waals surface area contributed by atoms with Crippen molar-refractivity contribution in [2.75, 3.05) is 0 Å². The molecular weight excluding hydrogens is 273 g/mol. The molecular formula is C11H10IN. The van der Waals surface area contributed by atoms with Crippen molar-refractivity contribution >= 4 is 33.5 Å². The van der Waals surface area contributed by atoms with Gasteiger partial charge in [0, 0.05) is 14.7 Å². The van der Waals surface area contributed by atoms with E-state index in [1.54, 1.807) is 0 Å². The third-order valence-corrected chi connectivity index (χ3v) is 2.74. The van der Waals surface area contributed by atoms with Crippen LogP contribution in [0.5, 0.6) is 0 Å². The van der Waals surface area contributed by atoms with Crippen molar-refractivity contribution in [3.05, 3.63) is 39.6 Å². The van der Waals surface area contributed by atoms with E-state index in [1.165, 1.54) is 8.96 Å². The zero-order chi connectivity index (χ0) is 9.26. The molecule has 0 aliphatic rings. The van der Waals surface area contributed by atoms with E-state index in [4.69, 9.17) is 0 Å². The van der Waals surface area contributed by atoms with Gasteiger partial charge in [0.1, 0.15) is 0 Å². The van der Waals surface area contributed by atoms with Crippen molar-refractivity contribution in [2.45, 2.75) is 13.3 Å². The molecule has 13 heavy (non-hydrogen) atoms. The van der Waals surface area contributed by atoms with Crippen LogP contribution in [0.15, 0.2) is 30.3 Å². The topological polar surface area (TPSA) is 12.9 Å². The molecule has 0 bridgehead atoms. The van der Waals surface area contributed by atoms with Crippen LogP contribution in [0, 0.1) is 3.57 Å². The van der Waals surface area contributed by atoms with Crippen LogP contribution in [0.2, 0.25) is 0 Å². The highest BCUT2D eigenvalue weighted by atomic mass is 127. The zero-order valence-corrected chi connectivity index (χ0v) is 9.58. The van der Waals surface area contributed by atoms with Gasteiger partial charge in [0.05, 0.1) is 5.52 Å². The van der Waals surface area contributed by atoms with E-state index in [2.05, 4.69) is 64.8 Å². The Kier molecular flexibility index (Phi) is 2.49. The largest absolute Gasteiger partial charge is 0.253 e. The van der Waals surface area contributed by atoms with Crippen LogP contribution < -0.4 is 0 Å². The Balaban J connectivity index is 2.66. The van der Waals surface area contributed by atoms with Crippen molar-refractivity contribution in [1.29, 1.82) is 0 Å². The highest BCUT2D eigenvalue weighted by molar-refractivity contribution is 14.1. The molecule has 0 amide bonds. The summed E-state index contributed by atoms with van der Waals surface area (Å²) in [7, 11) is 0. The van der Waals surface area contributed by atoms with E-state index in [0.717, 1.165) is 17.6 Å². The number of hydrogen-bond acceptors (Lipinski definition) is 1. The molecule has 0 saturated heterocycles. The van der Waals surface area contributed by atoms with Crippen molar-refractivity contribution in [1.82, 2.24) is 4.98 Å². The lowest BCUT2D eigenvalue weighted by atomic mass is 10.2. The number of hydrogen-bond donors (Lipinski definition) is 0. The molecule has 0 N–H and O–H groups in total. The molecule has 0 saturated carbocycles. The molecule has 0 spiro atoms. The minimum atomic E-state index is 1.00. The van der Waals surface area contributed by atoms with Gasteiger partial charge in [-0.2, -0.15) is 0 Å². The zero-order valence-electron chi connectivity index (χ0n) is 7.42. The van der Waals surface area contributed by atoms with E-state index in [-0.39, 0.29) is 0 Å². The molecule has 1 aromatic carbocycles. The Hall–Kier alpha value is -0.640. The number of aromatic nitrogens is 1. The van der Waals surface area contributed by atoms with Crippen molar-refractivity contribution in [2.24, 2.45) is 0 Å². The Morgan fingerprint density at radius 2 is 2.08 bits per heavy atom. The summed E-state index contributed by atoms with van der Waals surface area (Å²) in [6.45, 7) is 2.13. The molecule has 0 aliphatic heterocycles. The minimum Gasteiger partial charge on any atom is -0.253 e. The summed E-state index contributed by atoms with van der Waals surface area (Å²) in [6, 6.07) is 10.6. The Morgan fingerprint density at radius 3 is 2.85 bits per heavy atom. The summed E-state index contributed by atoms with van der Waals surface area (Å²) < 4.78 is 1.26. The molecule has 66 valence electrons. The number of nitrogens with zero attached hydrogens (tertiary/aromatic N) is 1. The fraction of sp³-hybridized carbons (Fsp3) is 0.182. The summed E-state index contributed by atoms with van der Waals surface area (Å²) in [5.41, 5.74) is 2.26. The Labute approximate surface area is 91.3 Å². The summed E-state index contributed by atoms with van der Waals surface area (Å²) in [6.07, 6.45) is 1.00. The molecule has 2 rings (SSSR count). The van der Waals surface area contributed by atoms with Crippen LogP contribution in [0.3, 0.4) is 0 Å². The van der Waals surface area contributed by atoms with Crippen molar-refractivity contribution < 1.29 is 0 Å². The third-order valence-electron chi connectivity index (χ3n) is 2.07. The molecule has 0 radical (unpaired) electrons. The van der Waals surface area contributed by atoms with E-state index < -0.39 is 0 Å². The first kappa shape index (κ1) is 8.94. The number of rotatable bonds is 1. The second-order valence-corrected chi connectivity index (χ2v) is 4.24. The van der Waals surface area contributed by atoms with Gasteiger partial charge in [-0.1, -0.05) is 13.0 Å². The van der Waals surface area contributed by atoms with Gasteiger partial charge in [-0.25, -0.2) is 0 Å². The minimum absolute atomic E-state index is 1.00. The SMILES string of the molecule is CCc1ccc2cc(I)ccc2n1. The Bertz CT molecular complexity index is 437. The fourth-order valence-corrected chi connectivity index (χ4v) is 1.85. The van der Waals surface area contributed by atoms with E-state index in [9.17, 15) is 0 Å². The third kappa shape index (κ3) is 1.82.